The fourth-order valence-electron chi connectivity index (χ4n) is 3.28. The average molecular weight is 323 g/mol. The predicted molar refractivity (Wildman–Crippen MR) is 88.1 cm³/mol. The lowest BCUT2D eigenvalue weighted by atomic mass is 9.93. The summed E-state index contributed by atoms with van der Waals surface area (Å²) in [5, 5.41) is 17.6. The van der Waals surface area contributed by atoms with Crippen LogP contribution in [0.25, 0.3) is 0 Å². The molecule has 0 atom stereocenters. The van der Waals surface area contributed by atoms with E-state index >= 15 is 0 Å². The number of hydrogen-bond donors (Lipinski definition) is 3. The van der Waals surface area contributed by atoms with Gasteiger partial charge >= 0.3 is 6.03 Å². The Bertz CT molecular complexity index is 497. The van der Waals surface area contributed by atoms with Crippen LogP contribution in [0.1, 0.15) is 36.1 Å². The van der Waals surface area contributed by atoms with Gasteiger partial charge in [0, 0.05) is 37.1 Å². The number of aliphatic hydroxyl groups is 1. The standard InChI is InChI=1S/C16H25N3O2S/c20-14-3-1-13(2-4-14)18-16(21)17-7-9-19-8-5-15-12(11-19)6-10-22-15/h6,10,13-14,20H,1-5,7-9,11H2,(H2,17,18,21). The van der Waals surface area contributed by atoms with E-state index in [0.717, 1.165) is 51.7 Å². The van der Waals surface area contributed by atoms with Crippen molar-refractivity contribution in [3.63, 3.8) is 0 Å². The van der Waals surface area contributed by atoms with Crippen LogP contribution in [-0.2, 0) is 13.0 Å². The smallest absolute Gasteiger partial charge is 0.315 e. The Hall–Kier alpha value is -1.11. The zero-order valence-electron chi connectivity index (χ0n) is 12.9. The van der Waals surface area contributed by atoms with Gasteiger partial charge in [0.1, 0.15) is 0 Å². The van der Waals surface area contributed by atoms with E-state index in [-0.39, 0.29) is 18.2 Å². The van der Waals surface area contributed by atoms with E-state index in [1.165, 1.54) is 10.4 Å². The lowest BCUT2D eigenvalue weighted by Crippen LogP contribution is -2.46. The first-order valence-corrected chi connectivity index (χ1v) is 9.08. The second-order valence-electron chi connectivity index (χ2n) is 6.30. The van der Waals surface area contributed by atoms with Gasteiger partial charge < -0.3 is 15.7 Å². The van der Waals surface area contributed by atoms with E-state index in [4.69, 9.17) is 0 Å². The van der Waals surface area contributed by atoms with E-state index in [0.29, 0.717) is 6.54 Å². The van der Waals surface area contributed by atoms with Gasteiger partial charge in [-0.1, -0.05) is 0 Å². The topological polar surface area (TPSA) is 64.6 Å². The van der Waals surface area contributed by atoms with E-state index in [9.17, 15) is 9.90 Å². The first-order valence-electron chi connectivity index (χ1n) is 8.21. The minimum absolute atomic E-state index is 0.0744. The number of carbonyl (C=O) groups is 1. The molecule has 0 spiro atoms. The van der Waals surface area contributed by atoms with Crippen molar-refractivity contribution in [2.45, 2.75) is 50.8 Å². The molecule has 0 bridgehead atoms. The summed E-state index contributed by atoms with van der Waals surface area (Å²) in [5.41, 5.74) is 1.45. The van der Waals surface area contributed by atoms with Crippen molar-refractivity contribution in [1.82, 2.24) is 15.5 Å². The number of amides is 2. The molecule has 1 aliphatic carbocycles. The number of hydrogen-bond acceptors (Lipinski definition) is 4. The molecule has 0 unspecified atom stereocenters. The molecule has 3 N–H and O–H groups in total. The maximum Gasteiger partial charge on any atom is 0.315 e. The molecule has 1 fully saturated rings. The normalized spacial score (nSPS) is 25.5. The summed E-state index contributed by atoms with van der Waals surface area (Å²) in [6.45, 7) is 3.66. The Balaban J connectivity index is 1.32. The predicted octanol–water partition coefficient (Wildman–Crippen LogP) is 1.71. The van der Waals surface area contributed by atoms with E-state index in [1.54, 1.807) is 0 Å². The first kappa shape index (κ1) is 15.8. The highest BCUT2D eigenvalue weighted by Crippen LogP contribution is 2.23. The minimum Gasteiger partial charge on any atom is -0.393 e. The van der Waals surface area contributed by atoms with Gasteiger partial charge in [0.2, 0.25) is 0 Å². The SMILES string of the molecule is O=C(NCCN1CCc2sccc2C1)NC1CCC(O)CC1. The molecule has 22 heavy (non-hydrogen) atoms. The number of carbonyl (C=O) groups excluding carboxylic acids is 1. The monoisotopic (exact) mass is 323 g/mol. The van der Waals surface area contributed by atoms with Gasteiger partial charge in [-0.15, -0.1) is 11.3 Å². The molecule has 0 saturated heterocycles. The highest BCUT2D eigenvalue weighted by atomic mass is 32.1. The van der Waals surface area contributed by atoms with Crippen molar-refractivity contribution in [2.24, 2.45) is 0 Å². The number of aliphatic hydroxyl groups excluding tert-OH is 1. The van der Waals surface area contributed by atoms with Crippen LogP contribution < -0.4 is 10.6 Å². The summed E-state index contributed by atoms with van der Waals surface area (Å²) < 4.78 is 0. The molecule has 1 aliphatic heterocycles. The lowest BCUT2D eigenvalue weighted by molar-refractivity contribution is 0.117. The summed E-state index contributed by atoms with van der Waals surface area (Å²) in [6.07, 6.45) is 4.29. The Kier molecular flexibility index (Phi) is 5.33. The van der Waals surface area contributed by atoms with Crippen molar-refractivity contribution in [3.05, 3.63) is 21.9 Å². The maximum atomic E-state index is 11.9. The summed E-state index contributed by atoms with van der Waals surface area (Å²) in [4.78, 5) is 15.8. The lowest BCUT2D eigenvalue weighted by Gasteiger charge is -2.28. The number of rotatable bonds is 4. The Morgan fingerprint density at radius 2 is 2.18 bits per heavy atom. The fourth-order valence-corrected chi connectivity index (χ4v) is 4.17. The number of thiophene rings is 1. The molecule has 0 aromatic carbocycles. The van der Waals surface area contributed by atoms with Crippen molar-refractivity contribution in [3.8, 4) is 0 Å². The van der Waals surface area contributed by atoms with Crippen LogP contribution in [0, 0.1) is 0 Å². The van der Waals surface area contributed by atoms with Crippen molar-refractivity contribution < 1.29 is 9.90 Å². The largest absolute Gasteiger partial charge is 0.393 e. The Morgan fingerprint density at radius 3 is 3.00 bits per heavy atom. The van der Waals surface area contributed by atoms with Gasteiger partial charge in [-0.25, -0.2) is 4.79 Å². The molecule has 122 valence electrons. The van der Waals surface area contributed by atoms with Gasteiger partial charge in [-0.05, 0) is 49.1 Å². The van der Waals surface area contributed by atoms with Crippen molar-refractivity contribution >= 4 is 17.4 Å². The van der Waals surface area contributed by atoms with Crippen LogP contribution in [0.5, 0.6) is 0 Å². The number of nitrogens with one attached hydrogen (secondary N) is 2. The van der Waals surface area contributed by atoms with Gasteiger partial charge in [-0.3, -0.25) is 4.90 Å². The van der Waals surface area contributed by atoms with Crippen LogP contribution in [0.3, 0.4) is 0 Å². The fraction of sp³-hybridized carbons (Fsp3) is 0.688. The summed E-state index contributed by atoms with van der Waals surface area (Å²) in [7, 11) is 0. The highest BCUT2D eigenvalue weighted by Gasteiger charge is 2.21. The van der Waals surface area contributed by atoms with E-state index < -0.39 is 0 Å². The van der Waals surface area contributed by atoms with Crippen LogP contribution >= 0.6 is 11.3 Å². The summed E-state index contributed by atoms with van der Waals surface area (Å²) >= 11 is 1.85. The van der Waals surface area contributed by atoms with Crippen LogP contribution in [0.4, 0.5) is 4.79 Å². The molecular formula is C16H25N3O2S. The third-order valence-corrected chi connectivity index (χ3v) is 5.66. The van der Waals surface area contributed by atoms with Crippen molar-refractivity contribution in [2.75, 3.05) is 19.6 Å². The zero-order chi connectivity index (χ0) is 15.4. The Morgan fingerprint density at radius 1 is 1.36 bits per heavy atom. The zero-order valence-corrected chi connectivity index (χ0v) is 13.7. The molecule has 2 aliphatic rings. The quantitative estimate of drug-likeness (QED) is 0.790. The number of nitrogens with zero attached hydrogens (tertiary/aromatic N) is 1. The van der Waals surface area contributed by atoms with Crippen LogP contribution in [0.15, 0.2) is 11.4 Å². The summed E-state index contributed by atoms with van der Waals surface area (Å²) in [5.74, 6) is 0. The number of urea groups is 1. The molecule has 1 aromatic rings. The molecule has 5 nitrogen and oxygen atoms in total. The summed E-state index contributed by atoms with van der Waals surface area (Å²) in [6, 6.07) is 2.35. The highest BCUT2D eigenvalue weighted by molar-refractivity contribution is 7.10. The van der Waals surface area contributed by atoms with Crippen molar-refractivity contribution in [1.29, 1.82) is 0 Å². The second kappa shape index (κ2) is 7.44. The number of fused-ring (bicyclic) bond motifs is 1. The van der Waals surface area contributed by atoms with Crippen LogP contribution in [0.2, 0.25) is 0 Å². The maximum absolute atomic E-state index is 11.9. The third-order valence-electron chi connectivity index (χ3n) is 4.63. The Labute approximate surface area is 135 Å². The third kappa shape index (κ3) is 4.21. The van der Waals surface area contributed by atoms with Gasteiger partial charge in [0.05, 0.1) is 6.10 Å². The molecule has 2 heterocycles. The molecular weight excluding hydrogens is 298 g/mol. The molecule has 6 heteroatoms. The van der Waals surface area contributed by atoms with E-state index in [1.807, 2.05) is 11.3 Å². The second-order valence-corrected chi connectivity index (χ2v) is 7.30. The first-order chi connectivity index (χ1) is 10.7. The van der Waals surface area contributed by atoms with Gasteiger partial charge in [0.25, 0.3) is 0 Å². The molecule has 3 rings (SSSR count). The molecule has 0 radical (unpaired) electrons. The minimum atomic E-state index is -0.179. The average Bonchev–Trinajstić information content (AvgIpc) is 2.97. The van der Waals surface area contributed by atoms with E-state index in [2.05, 4.69) is 27.0 Å². The molecule has 1 aromatic heterocycles. The molecule has 1 saturated carbocycles. The van der Waals surface area contributed by atoms with Gasteiger partial charge in [-0.2, -0.15) is 0 Å². The van der Waals surface area contributed by atoms with Crippen LogP contribution in [-0.4, -0.2) is 47.8 Å². The molecule has 2 amide bonds. The van der Waals surface area contributed by atoms with Gasteiger partial charge in [0.15, 0.2) is 0 Å².